The van der Waals surface area contributed by atoms with Crippen LogP contribution in [0.1, 0.15) is 50.4 Å². The molecule has 0 saturated carbocycles. The molecule has 2 aliphatic heterocycles. The van der Waals surface area contributed by atoms with Crippen LogP contribution < -0.4 is 0 Å². The van der Waals surface area contributed by atoms with Crippen molar-refractivity contribution >= 4 is 45.5 Å². The van der Waals surface area contributed by atoms with Crippen molar-refractivity contribution in [2.45, 2.75) is 25.1 Å². The zero-order valence-corrected chi connectivity index (χ0v) is 22.7. The number of Topliss-reactive ketones (excluding diaryl/α,β-unsaturated/α-hetero) is 1. The summed E-state index contributed by atoms with van der Waals surface area (Å²) in [7, 11) is -1.29. The third-order valence-electron chi connectivity index (χ3n) is 7.17. The Kier molecular flexibility index (Phi) is 7.28. The van der Waals surface area contributed by atoms with Gasteiger partial charge in [-0.3, -0.25) is 28.6 Å². The summed E-state index contributed by atoms with van der Waals surface area (Å²) in [5, 5.41) is 0.889. The van der Waals surface area contributed by atoms with Crippen molar-refractivity contribution in [1.29, 1.82) is 0 Å². The highest BCUT2D eigenvalue weighted by atomic mass is 35.5. The van der Waals surface area contributed by atoms with Crippen LogP contribution >= 0.6 is 33.8 Å². The van der Waals surface area contributed by atoms with Gasteiger partial charge in [-0.1, -0.05) is 35.3 Å². The number of carbonyl (C=O) groups excluding carboxylic acids is 2. The third-order valence-corrected chi connectivity index (χ3v) is 9.42. The molecule has 0 radical (unpaired) electrons. The smallest absolute Gasteiger partial charge is 0.257 e. The molecule has 0 bridgehead atoms. The van der Waals surface area contributed by atoms with E-state index in [0.717, 1.165) is 6.07 Å². The molecule has 5 rings (SSSR count). The summed E-state index contributed by atoms with van der Waals surface area (Å²) < 4.78 is 41.8. The maximum Gasteiger partial charge on any atom is 0.257 e. The van der Waals surface area contributed by atoms with Gasteiger partial charge in [-0.2, -0.15) is 10.6 Å². The molecule has 1 unspecified atom stereocenters. The monoisotopic (exact) mass is 578 g/mol. The molecular weight excluding hydrogens is 554 g/mol. The number of ketones is 1. The maximum absolute atomic E-state index is 16.0. The van der Waals surface area contributed by atoms with E-state index in [1.165, 1.54) is 24.3 Å². The van der Waals surface area contributed by atoms with Crippen LogP contribution in [0.2, 0.25) is 10.0 Å². The lowest BCUT2D eigenvalue weighted by Gasteiger charge is -2.38. The predicted molar refractivity (Wildman–Crippen MR) is 144 cm³/mol. The molecular formula is C27H25Cl2FN2O5S. The maximum atomic E-state index is 16.0. The van der Waals surface area contributed by atoms with E-state index in [2.05, 4.69) is 4.98 Å². The van der Waals surface area contributed by atoms with Crippen molar-refractivity contribution in [2.75, 3.05) is 18.6 Å². The van der Waals surface area contributed by atoms with Crippen molar-refractivity contribution in [3.8, 4) is 0 Å². The second-order valence-electron chi connectivity index (χ2n) is 9.44. The molecule has 1 amide bonds. The molecule has 0 aliphatic carbocycles. The van der Waals surface area contributed by atoms with Crippen LogP contribution in [0.5, 0.6) is 0 Å². The zero-order chi connectivity index (χ0) is 27.2. The number of ether oxygens (including phenoxy) is 1. The van der Waals surface area contributed by atoms with Crippen molar-refractivity contribution < 1.29 is 27.8 Å². The number of pyridine rings is 1. The van der Waals surface area contributed by atoms with E-state index in [9.17, 15) is 18.7 Å². The molecule has 3 heterocycles. The van der Waals surface area contributed by atoms with Crippen LogP contribution in [0.15, 0.2) is 54.7 Å². The molecule has 200 valence electrons. The predicted octanol–water partition coefficient (Wildman–Crippen LogP) is 6.37. The lowest BCUT2D eigenvalue weighted by atomic mass is 9.88. The van der Waals surface area contributed by atoms with Gasteiger partial charge in [0.05, 0.1) is 28.4 Å². The standard InChI is InChI=1S/C27H25Cl2FN2O5S/c1-37-27(18-2-4-19(28)5-3-18)24-22(26(34)32(27)15-21-7-6-20(29)14-31-21)12-17(13-23(24)30)25(33)16-8-10-38(35,36)11-9-16/h2-7,12-14,16,35-36H,8-11,15H2,1H3. The molecule has 1 saturated heterocycles. The summed E-state index contributed by atoms with van der Waals surface area (Å²) in [5.74, 6) is -1.85. The number of benzene rings is 2. The van der Waals surface area contributed by atoms with Crippen LogP contribution in [0.4, 0.5) is 4.39 Å². The summed E-state index contributed by atoms with van der Waals surface area (Å²) in [6, 6.07) is 12.4. The molecule has 2 aromatic carbocycles. The minimum atomic E-state index is -2.68. The molecule has 0 spiro atoms. The number of rotatable bonds is 6. The SMILES string of the molecule is COC1(c2ccc(Cl)cc2)c2c(F)cc(C(=O)C3CCS(O)(O)CC3)cc2C(=O)N1Cc1ccc(Cl)cn1. The number of carbonyl (C=O) groups is 2. The highest BCUT2D eigenvalue weighted by Crippen LogP contribution is 2.49. The largest absolute Gasteiger partial charge is 0.350 e. The molecule has 1 atom stereocenters. The number of fused-ring (bicyclic) bond motifs is 1. The van der Waals surface area contributed by atoms with Gasteiger partial charge in [0.15, 0.2) is 11.5 Å². The Morgan fingerprint density at radius 2 is 1.79 bits per heavy atom. The summed E-state index contributed by atoms with van der Waals surface area (Å²) in [4.78, 5) is 32.9. The van der Waals surface area contributed by atoms with E-state index >= 15 is 4.39 Å². The van der Waals surface area contributed by atoms with Gasteiger partial charge in [-0.05, 0) is 49.2 Å². The Morgan fingerprint density at radius 3 is 2.39 bits per heavy atom. The Morgan fingerprint density at radius 1 is 1.13 bits per heavy atom. The Hall–Kier alpha value is -2.53. The molecule has 1 aromatic heterocycles. The van der Waals surface area contributed by atoms with Gasteiger partial charge >= 0.3 is 0 Å². The minimum Gasteiger partial charge on any atom is -0.350 e. The van der Waals surface area contributed by atoms with E-state index in [4.69, 9.17) is 27.9 Å². The van der Waals surface area contributed by atoms with Crippen molar-refractivity contribution in [2.24, 2.45) is 5.92 Å². The van der Waals surface area contributed by atoms with Crippen molar-refractivity contribution in [3.63, 3.8) is 0 Å². The van der Waals surface area contributed by atoms with E-state index < -0.39 is 34.0 Å². The molecule has 1 fully saturated rings. The van der Waals surface area contributed by atoms with Gasteiger partial charge in [0.2, 0.25) is 0 Å². The molecule has 2 N–H and O–H groups in total. The average molecular weight is 579 g/mol. The van der Waals surface area contributed by atoms with Crippen LogP contribution in [0.3, 0.4) is 0 Å². The number of amides is 1. The van der Waals surface area contributed by atoms with Crippen molar-refractivity contribution in [1.82, 2.24) is 9.88 Å². The summed E-state index contributed by atoms with van der Waals surface area (Å²) in [6.45, 7) is -0.0235. The molecule has 2 aliphatic rings. The molecule has 38 heavy (non-hydrogen) atoms. The summed E-state index contributed by atoms with van der Waals surface area (Å²) in [6.07, 6.45) is 2.03. The second-order valence-corrected chi connectivity index (χ2v) is 12.7. The average Bonchev–Trinajstić information content (AvgIpc) is 3.14. The molecule has 3 aromatic rings. The van der Waals surface area contributed by atoms with Gasteiger partial charge < -0.3 is 4.74 Å². The number of methoxy groups -OCH3 is 1. The number of nitrogens with zero attached hydrogens (tertiary/aromatic N) is 2. The first-order valence-corrected chi connectivity index (χ1v) is 14.6. The van der Waals surface area contributed by atoms with Crippen LogP contribution in [-0.2, 0) is 17.0 Å². The van der Waals surface area contributed by atoms with E-state index in [-0.39, 0.29) is 53.4 Å². The number of hydrogen-bond acceptors (Lipinski definition) is 6. The lowest BCUT2D eigenvalue weighted by molar-refractivity contribution is -0.0885. The highest BCUT2D eigenvalue weighted by Gasteiger charge is 2.54. The summed E-state index contributed by atoms with van der Waals surface area (Å²) in [5.41, 5.74) is -0.601. The van der Waals surface area contributed by atoms with Crippen LogP contribution in [-0.4, -0.2) is 49.3 Å². The number of hydrogen-bond donors (Lipinski definition) is 2. The topological polar surface area (TPSA) is 100.0 Å². The van der Waals surface area contributed by atoms with Gasteiger partial charge in [0.1, 0.15) is 5.82 Å². The molecule has 11 heteroatoms. The fourth-order valence-electron chi connectivity index (χ4n) is 5.24. The first-order valence-electron chi connectivity index (χ1n) is 11.9. The fourth-order valence-corrected chi connectivity index (χ4v) is 7.01. The van der Waals surface area contributed by atoms with Crippen molar-refractivity contribution in [3.05, 3.63) is 98.5 Å². The number of aromatic nitrogens is 1. The highest BCUT2D eigenvalue weighted by molar-refractivity contribution is 8.24. The van der Waals surface area contributed by atoms with Gasteiger partial charge in [-0.25, -0.2) is 4.39 Å². The van der Waals surface area contributed by atoms with Gasteiger partial charge in [0, 0.05) is 46.9 Å². The Balaban J connectivity index is 1.61. The fraction of sp³-hybridized carbons (Fsp3) is 0.296. The normalized spacial score (nSPS) is 21.8. The number of halogens is 3. The van der Waals surface area contributed by atoms with Gasteiger partial charge in [0.25, 0.3) is 5.91 Å². The van der Waals surface area contributed by atoms with Crippen LogP contribution in [0, 0.1) is 11.7 Å². The Labute approximate surface area is 230 Å². The molecule has 7 nitrogen and oxygen atoms in total. The quantitative estimate of drug-likeness (QED) is 0.329. The first-order chi connectivity index (χ1) is 18.1. The Bertz CT molecular complexity index is 1390. The minimum absolute atomic E-state index is 0.00402. The van der Waals surface area contributed by atoms with E-state index in [1.807, 2.05) is 0 Å². The first kappa shape index (κ1) is 27.1. The second kappa shape index (κ2) is 10.2. The lowest BCUT2D eigenvalue weighted by Crippen LogP contribution is -2.46. The van der Waals surface area contributed by atoms with Crippen LogP contribution in [0.25, 0.3) is 0 Å². The van der Waals surface area contributed by atoms with E-state index in [1.54, 1.807) is 36.4 Å². The third kappa shape index (κ3) is 4.72. The van der Waals surface area contributed by atoms with Gasteiger partial charge in [-0.15, -0.1) is 0 Å². The summed E-state index contributed by atoms with van der Waals surface area (Å²) >= 11 is 12.1. The zero-order valence-electron chi connectivity index (χ0n) is 20.4. The van der Waals surface area contributed by atoms with E-state index in [0.29, 0.717) is 21.3 Å².